The molecule has 1 heterocycles. The molecular formula is C28H35NO2. The van der Waals surface area contributed by atoms with Gasteiger partial charge < -0.3 is 14.0 Å². The molecule has 0 bridgehead atoms. The summed E-state index contributed by atoms with van der Waals surface area (Å²) >= 11 is 0. The summed E-state index contributed by atoms with van der Waals surface area (Å²) < 4.78 is 13.7. The molecule has 0 saturated heterocycles. The van der Waals surface area contributed by atoms with Gasteiger partial charge in [0.05, 0.1) is 25.5 Å². The third kappa shape index (κ3) is 4.18. The molecule has 164 valence electrons. The van der Waals surface area contributed by atoms with Crippen LogP contribution < -0.4 is 0 Å². The monoisotopic (exact) mass is 417 g/mol. The van der Waals surface area contributed by atoms with Gasteiger partial charge in [-0.05, 0) is 60.4 Å². The van der Waals surface area contributed by atoms with Gasteiger partial charge in [-0.3, -0.25) is 0 Å². The van der Waals surface area contributed by atoms with Crippen LogP contribution in [0.4, 0.5) is 0 Å². The third-order valence-electron chi connectivity index (χ3n) is 7.31. The van der Waals surface area contributed by atoms with Crippen molar-refractivity contribution in [2.75, 3.05) is 20.3 Å². The maximum atomic E-state index is 5.86. The summed E-state index contributed by atoms with van der Waals surface area (Å²) in [5.41, 5.74) is 7.17. The van der Waals surface area contributed by atoms with Crippen LogP contribution in [0, 0.1) is 0 Å². The molecule has 31 heavy (non-hydrogen) atoms. The van der Waals surface area contributed by atoms with Crippen molar-refractivity contribution < 1.29 is 9.47 Å². The van der Waals surface area contributed by atoms with Crippen LogP contribution in [0.2, 0.25) is 0 Å². The summed E-state index contributed by atoms with van der Waals surface area (Å²) in [5, 5.41) is 1.46. The Morgan fingerprint density at radius 2 is 1.61 bits per heavy atom. The molecule has 0 N–H and O–H groups in total. The van der Waals surface area contributed by atoms with Crippen LogP contribution in [0.3, 0.4) is 0 Å². The fraction of sp³-hybridized carbons (Fsp3) is 0.500. The number of fused-ring (bicyclic) bond motifs is 1. The highest BCUT2D eigenvalue weighted by Crippen LogP contribution is 2.48. The quantitative estimate of drug-likeness (QED) is 0.361. The van der Waals surface area contributed by atoms with E-state index in [-0.39, 0.29) is 0 Å². The second-order valence-electron chi connectivity index (χ2n) is 9.31. The molecule has 2 saturated carbocycles. The minimum Gasteiger partial charge on any atom is -0.382 e. The van der Waals surface area contributed by atoms with Crippen LogP contribution >= 0.6 is 0 Å². The molecule has 1 aromatic heterocycles. The van der Waals surface area contributed by atoms with Gasteiger partial charge in [0.15, 0.2) is 0 Å². The molecular weight excluding hydrogens is 382 g/mol. The highest BCUT2D eigenvalue weighted by Gasteiger charge is 2.30. The maximum Gasteiger partial charge on any atom is 0.0718 e. The van der Waals surface area contributed by atoms with Crippen molar-refractivity contribution in [3.8, 4) is 11.3 Å². The van der Waals surface area contributed by atoms with Crippen molar-refractivity contribution >= 4 is 10.9 Å². The van der Waals surface area contributed by atoms with E-state index in [4.69, 9.17) is 9.47 Å². The van der Waals surface area contributed by atoms with Gasteiger partial charge in [-0.15, -0.1) is 0 Å². The average molecular weight is 418 g/mol. The van der Waals surface area contributed by atoms with E-state index in [9.17, 15) is 0 Å². The second kappa shape index (κ2) is 9.58. The molecule has 3 nitrogen and oxygen atoms in total. The van der Waals surface area contributed by atoms with Gasteiger partial charge in [0.25, 0.3) is 0 Å². The zero-order valence-corrected chi connectivity index (χ0v) is 18.8. The number of ether oxygens (including phenoxy) is 2. The number of hydrogen-bond acceptors (Lipinski definition) is 2. The van der Waals surface area contributed by atoms with E-state index < -0.39 is 0 Å². The highest BCUT2D eigenvalue weighted by molar-refractivity contribution is 5.93. The zero-order chi connectivity index (χ0) is 21.0. The molecule has 2 aliphatic rings. The highest BCUT2D eigenvalue weighted by atomic mass is 16.5. The Hall–Kier alpha value is -2.10. The van der Waals surface area contributed by atoms with Gasteiger partial charge in [0, 0.05) is 24.1 Å². The van der Waals surface area contributed by atoms with Crippen LogP contribution in [0.1, 0.15) is 74.5 Å². The van der Waals surface area contributed by atoms with Crippen molar-refractivity contribution in [3.05, 3.63) is 59.7 Å². The lowest BCUT2D eigenvalue weighted by molar-refractivity contribution is 0.0617. The Balaban J connectivity index is 1.66. The van der Waals surface area contributed by atoms with Crippen LogP contribution in [-0.4, -0.2) is 24.9 Å². The van der Waals surface area contributed by atoms with E-state index in [2.05, 4.69) is 53.1 Å². The predicted molar refractivity (Wildman–Crippen MR) is 128 cm³/mol. The van der Waals surface area contributed by atoms with Crippen molar-refractivity contribution in [1.82, 2.24) is 4.57 Å². The summed E-state index contributed by atoms with van der Waals surface area (Å²) in [5.74, 6) is 0.671. The van der Waals surface area contributed by atoms with Gasteiger partial charge in [-0.2, -0.15) is 0 Å². The van der Waals surface area contributed by atoms with Gasteiger partial charge >= 0.3 is 0 Å². The van der Waals surface area contributed by atoms with Crippen LogP contribution in [-0.2, 0) is 16.1 Å². The Bertz CT molecular complexity index is 995. The molecule has 2 fully saturated rings. The smallest absolute Gasteiger partial charge is 0.0718 e. The summed E-state index contributed by atoms with van der Waals surface area (Å²) in [6, 6.07) is 18.8. The number of rotatable bonds is 8. The number of benzene rings is 2. The fourth-order valence-corrected chi connectivity index (χ4v) is 5.87. The molecule has 2 aromatic carbocycles. The zero-order valence-electron chi connectivity index (χ0n) is 18.8. The van der Waals surface area contributed by atoms with Crippen LogP contribution in [0.5, 0.6) is 0 Å². The fourth-order valence-electron chi connectivity index (χ4n) is 5.87. The Labute approximate surface area is 186 Å². The van der Waals surface area contributed by atoms with E-state index in [0.717, 1.165) is 0 Å². The number of nitrogens with zero attached hydrogens (tertiary/aromatic N) is 1. The minimum atomic E-state index is 0.622. The maximum absolute atomic E-state index is 5.86. The molecule has 2 aliphatic carbocycles. The Morgan fingerprint density at radius 1 is 0.871 bits per heavy atom. The average Bonchev–Trinajstić information content (AvgIpc) is 3.56. The summed E-state index contributed by atoms with van der Waals surface area (Å²) in [6.45, 7) is 1.94. The second-order valence-corrected chi connectivity index (χ2v) is 9.31. The number of hydrogen-bond donors (Lipinski definition) is 0. The van der Waals surface area contributed by atoms with Gasteiger partial charge in [-0.1, -0.05) is 62.1 Å². The van der Waals surface area contributed by atoms with Crippen molar-refractivity contribution in [2.24, 2.45) is 0 Å². The van der Waals surface area contributed by atoms with E-state index in [0.29, 0.717) is 31.8 Å². The minimum absolute atomic E-state index is 0.622. The standard InChI is InChI=1S/C28H35NO2/c1-30-17-18-31-20-21-15-16-26-25(19-21)27(22-9-5-6-10-22)28(23-11-3-2-4-12-23)29(26)24-13-7-8-14-24/h2-4,11-12,15-16,19,22,24H,5-10,13-14,17-18,20H2,1H3. The topological polar surface area (TPSA) is 23.4 Å². The first-order valence-corrected chi connectivity index (χ1v) is 12.2. The number of aromatic nitrogens is 1. The molecule has 0 unspecified atom stereocenters. The lowest BCUT2D eigenvalue weighted by Gasteiger charge is -2.20. The lowest BCUT2D eigenvalue weighted by atomic mass is 9.91. The first-order chi connectivity index (χ1) is 15.4. The molecule has 3 heteroatoms. The molecule has 0 aliphatic heterocycles. The molecule has 5 rings (SSSR count). The van der Waals surface area contributed by atoms with Crippen molar-refractivity contribution in [3.63, 3.8) is 0 Å². The van der Waals surface area contributed by atoms with Crippen molar-refractivity contribution in [2.45, 2.75) is 69.9 Å². The summed E-state index contributed by atoms with van der Waals surface area (Å²) in [6.07, 6.45) is 10.6. The summed E-state index contributed by atoms with van der Waals surface area (Å²) in [4.78, 5) is 0. The van der Waals surface area contributed by atoms with Gasteiger partial charge in [0.2, 0.25) is 0 Å². The molecule has 0 atom stereocenters. The van der Waals surface area contributed by atoms with E-state index in [1.165, 1.54) is 79.1 Å². The first-order valence-electron chi connectivity index (χ1n) is 12.2. The largest absolute Gasteiger partial charge is 0.382 e. The van der Waals surface area contributed by atoms with Crippen LogP contribution in [0.15, 0.2) is 48.5 Å². The van der Waals surface area contributed by atoms with Gasteiger partial charge in [0.1, 0.15) is 0 Å². The first kappa shape index (κ1) is 20.8. The molecule has 0 amide bonds. The predicted octanol–water partition coefficient (Wildman–Crippen LogP) is 7.24. The summed E-state index contributed by atoms with van der Waals surface area (Å²) in [7, 11) is 1.72. The van der Waals surface area contributed by atoms with E-state index >= 15 is 0 Å². The normalized spacial score (nSPS) is 17.8. The molecule has 3 aromatic rings. The lowest BCUT2D eigenvalue weighted by Crippen LogP contribution is -2.07. The third-order valence-corrected chi connectivity index (χ3v) is 7.31. The molecule has 0 spiro atoms. The van der Waals surface area contributed by atoms with Crippen LogP contribution in [0.25, 0.3) is 22.2 Å². The number of methoxy groups -OCH3 is 1. The van der Waals surface area contributed by atoms with E-state index in [1.807, 2.05) is 0 Å². The van der Waals surface area contributed by atoms with E-state index in [1.54, 1.807) is 12.7 Å². The van der Waals surface area contributed by atoms with Crippen molar-refractivity contribution in [1.29, 1.82) is 0 Å². The van der Waals surface area contributed by atoms with Gasteiger partial charge in [-0.25, -0.2) is 0 Å². The Morgan fingerprint density at radius 3 is 2.35 bits per heavy atom. The SMILES string of the molecule is COCCOCc1ccc2c(c1)c(C1CCCC1)c(-c1ccccc1)n2C1CCCC1. The Kier molecular flexibility index (Phi) is 6.42. The molecule has 0 radical (unpaired) electrons.